The Bertz CT molecular complexity index is 839. The lowest BCUT2D eigenvalue weighted by Gasteiger charge is -2.50. The van der Waals surface area contributed by atoms with E-state index in [0.717, 1.165) is 5.56 Å². The van der Waals surface area contributed by atoms with E-state index in [-0.39, 0.29) is 32.5 Å². The molecule has 0 saturated carbocycles. The largest absolute Gasteiger partial charge is 0.497 e. The zero-order chi connectivity index (χ0) is 24.2. The maximum Gasteiger partial charge on any atom is 0.176 e. The van der Waals surface area contributed by atoms with Crippen LogP contribution < -0.4 is 4.74 Å². The zero-order valence-corrected chi connectivity index (χ0v) is 19.3. The van der Waals surface area contributed by atoms with Crippen LogP contribution in [0.1, 0.15) is 24.8 Å². The van der Waals surface area contributed by atoms with Crippen molar-refractivity contribution in [3.8, 4) is 5.75 Å². The third-order valence-electron chi connectivity index (χ3n) is 5.81. The number of rotatable bonds is 8. The average Bonchev–Trinajstić information content (AvgIpc) is 2.77. The van der Waals surface area contributed by atoms with Gasteiger partial charge in [0.05, 0.1) is 32.5 Å². The number of hydrogen-bond donors (Lipinski definition) is 4. The number of aliphatic hydroxyl groups excluding tert-OH is 3. The van der Waals surface area contributed by atoms with Crippen LogP contribution in [0.15, 0.2) is 29.4 Å². The molecule has 1 unspecified atom stereocenters. The number of aliphatic hydroxyl groups is 4. The first-order chi connectivity index (χ1) is 15.6. The SMILES string of the molecule is COc1ccc(COC[C@H]2O[C@](N=[N+]=[N-])([C@H]3CC[C@](O)(Cl)[C@@H](C(O)Cl)O3)C[C@@H](O)[C@@H]2O)cc1. The first-order valence-corrected chi connectivity index (χ1v) is 11.1. The van der Waals surface area contributed by atoms with Crippen LogP contribution >= 0.6 is 23.2 Å². The molecule has 0 aliphatic carbocycles. The number of methoxy groups -OCH3 is 1. The Morgan fingerprint density at radius 2 is 2.03 bits per heavy atom. The van der Waals surface area contributed by atoms with Gasteiger partial charge in [-0.05, 0) is 36.1 Å². The molecular formula is C20H27Cl2N3O8. The molecule has 2 aliphatic rings. The molecule has 0 bridgehead atoms. The summed E-state index contributed by atoms with van der Waals surface area (Å²) in [6.07, 6.45) is -6.40. The van der Waals surface area contributed by atoms with Crippen molar-refractivity contribution in [2.75, 3.05) is 13.7 Å². The lowest BCUT2D eigenvalue weighted by molar-refractivity contribution is -0.285. The van der Waals surface area contributed by atoms with Crippen LogP contribution in [0.2, 0.25) is 0 Å². The molecule has 1 aromatic carbocycles. The van der Waals surface area contributed by atoms with Crippen molar-refractivity contribution in [1.29, 1.82) is 0 Å². The fourth-order valence-corrected chi connectivity index (χ4v) is 4.65. The van der Waals surface area contributed by atoms with Gasteiger partial charge < -0.3 is 39.4 Å². The van der Waals surface area contributed by atoms with Crippen LogP contribution in [0.5, 0.6) is 5.75 Å². The average molecular weight is 508 g/mol. The highest BCUT2D eigenvalue weighted by Crippen LogP contribution is 2.44. The number of hydrogen-bond acceptors (Lipinski definition) is 9. The minimum Gasteiger partial charge on any atom is -0.497 e. The van der Waals surface area contributed by atoms with Crippen molar-refractivity contribution in [1.82, 2.24) is 0 Å². The summed E-state index contributed by atoms with van der Waals surface area (Å²) in [5, 5.41) is 42.8. The number of halogens is 2. The summed E-state index contributed by atoms with van der Waals surface area (Å²) >= 11 is 11.7. The lowest BCUT2D eigenvalue weighted by Crippen LogP contribution is -2.63. The summed E-state index contributed by atoms with van der Waals surface area (Å²) < 4.78 is 22.4. The monoisotopic (exact) mass is 507 g/mol. The van der Waals surface area contributed by atoms with Crippen LogP contribution in [-0.2, 0) is 20.8 Å². The Morgan fingerprint density at radius 3 is 2.64 bits per heavy atom. The molecule has 3 rings (SSSR count). The number of azide groups is 1. The molecule has 33 heavy (non-hydrogen) atoms. The molecule has 11 nitrogen and oxygen atoms in total. The first kappa shape index (κ1) is 26.2. The van der Waals surface area contributed by atoms with E-state index < -0.39 is 46.9 Å². The van der Waals surface area contributed by atoms with Gasteiger partial charge in [0.1, 0.15) is 24.1 Å². The zero-order valence-electron chi connectivity index (χ0n) is 17.8. The molecular weight excluding hydrogens is 481 g/mol. The van der Waals surface area contributed by atoms with E-state index >= 15 is 0 Å². The Kier molecular flexibility index (Phi) is 8.68. The van der Waals surface area contributed by atoms with Gasteiger partial charge in [-0.3, -0.25) is 0 Å². The van der Waals surface area contributed by atoms with E-state index in [0.29, 0.717) is 5.75 Å². The van der Waals surface area contributed by atoms with Crippen LogP contribution in [0.4, 0.5) is 0 Å². The summed E-state index contributed by atoms with van der Waals surface area (Å²) in [6.45, 7) is 0.0710. The second-order valence-corrected chi connectivity index (χ2v) is 9.19. The highest BCUT2D eigenvalue weighted by Gasteiger charge is 2.56. The van der Waals surface area contributed by atoms with Crippen LogP contribution in [-0.4, -0.2) is 81.0 Å². The maximum absolute atomic E-state index is 10.5. The fraction of sp³-hybridized carbons (Fsp3) is 0.700. The molecule has 2 saturated heterocycles. The van der Waals surface area contributed by atoms with Crippen LogP contribution in [0.25, 0.3) is 10.4 Å². The Balaban J connectivity index is 1.73. The Hall–Kier alpha value is -1.37. The van der Waals surface area contributed by atoms with E-state index in [1.165, 1.54) is 0 Å². The number of ether oxygens (including phenoxy) is 4. The first-order valence-electron chi connectivity index (χ1n) is 10.3. The lowest BCUT2D eigenvalue weighted by atomic mass is 9.86. The van der Waals surface area contributed by atoms with Crippen molar-refractivity contribution in [3.63, 3.8) is 0 Å². The van der Waals surface area contributed by atoms with Gasteiger partial charge in [0, 0.05) is 11.3 Å². The molecule has 2 aliphatic heterocycles. The predicted octanol–water partition coefficient (Wildman–Crippen LogP) is 1.76. The molecule has 0 amide bonds. The fourth-order valence-electron chi connectivity index (χ4n) is 4.04. The molecule has 2 fully saturated rings. The third kappa shape index (κ3) is 6.01. The molecule has 184 valence electrons. The standard InChI is InChI=1S/C20H27Cl2N3O8/c1-30-12-4-2-11(3-5-12)9-31-10-14-16(27)13(26)8-20(33-14,24-25-23)15-6-7-19(22,29)17(32-15)18(21)28/h2-5,13-18,26-29H,6-10H2,1H3/t13-,14-,15-,16+,17-,18?,19-,20+/m1/s1. The van der Waals surface area contributed by atoms with Crippen molar-refractivity contribution in [2.45, 2.75) is 72.7 Å². The summed E-state index contributed by atoms with van der Waals surface area (Å²) in [5.41, 5.74) is 6.63. The van der Waals surface area contributed by atoms with Gasteiger partial charge in [-0.2, -0.15) is 0 Å². The highest BCUT2D eigenvalue weighted by molar-refractivity contribution is 6.25. The third-order valence-corrected chi connectivity index (χ3v) is 6.45. The molecule has 0 spiro atoms. The Morgan fingerprint density at radius 1 is 1.33 bits per heavy atom. The van der Waals surface area contributed by atoms with Gasteiger partial charge in [-0.1, -0.05) is 40.4 Å². The second-order valence-electron chi connectivity index (χ2n) is 8.09. The normalized spacial score (nSPS) is 37.7. The van der Waals surface area contributed by atoms with Crippen molar-refractivity contribution < 1.29 is 39.4 Å². The van der Waals surface area contributed by atoms with Gasteiger partial charge in [0.2, 0.25) is 0 Å². The topological polar surface area (TPSA) is 167 Å². The van der Waals surface area contributed by atoms with Gasteiger partial charge in [-0.25, -0.2) is 0 Å². The van der Waals surface area contributed by atoms with E-state index in [4.69, 9.17) is 42.1 Å². The van der Waals surface area contributed by atoms with E-state index in [9.17, 15) is 26.0 Å². The van der Waals surface area contributed by atoms with Crippen LogP contribution in [0.3, 0.4) is 0 Å². The van der Waals surface area contributed by atoms with Gasteiger partial charge in [-0.15, -0.1) is 0 Å². The summed E-state index contributed by atoms with van der Waals surface area (Å²) in [6, 6.07) is 7.19. The molecule has 4 N–H and O–H groups in total. The quantitative estimate of drug-likeness (QED) is 0.178. The minimum absolute atomic E-state index is 0.0585. The van der Waals surface area contributed by atoms with Crippen molar-refractivity contribution >= 4 is 23.2 Å². The van der Waals surface area contributed by atoms with Crippen LogP contribution in [0, 0.1) is 0 Å². The molecule has 0 aromatic heterocycles. The predicted molar refractivity (Wildman–Crippen MR) is 117 cm³/mol. The second kappa shape index (κ2) is 10.9. The summed E-state index contributed by atoms with van der Waals surface area (Å²) in [5.74, 6) is 0.698. The summed E-state index contributed by atoms with van der Waals surface area (Å²) in [4.78, 5) is 2.83. The molecule has 8 atom stereocenters. The van der Waals surface area contributed by atoms with Gasteiger partial charge in [0.25, 0.3) is 0 Å². The van der Waals surface area contributed by atoms with Gasteiger partial charge in [0.15, 0.2) is 16.3 Å². The highest BCUT2D eigenvalue weighted by atomic mass is 35.5. The van der Waals surface area contributed by atoms with E-state index in [1.54, 1.807) is 19.2 Å². The van der Waals surface area contributed by atoms with Gasteiger partial charge >= 0.3 is 0 Å². The number of benzene rings is 1. The molecule has 13 heteroatoms. The molecule has 2 heterocycles. The number of nitrogens with zero attached hydrogens (tertiary/aromatic N) is 3. The molecule has 0 radical (unpaired) electrons. The number of alkyl halides is 2. The summed E-state index contributed by atoms with van der Waals surface area (Å²) in [7, 11) is 1.56. The smallest absolute Gasteiger partial charge is 0.176 e. The van der Waals surface area contributed by atoms with E-state index in [2.05, 4.69) is 10.0 Å². The van der Waals surface area contributed by atoms with Crippen molar-refractivity contribution in [3.05, 3.63) is 40.3 Å². The minimum atomic E-state index is -1.94. The van der Waals surface area contributed by atoms with E-state index in [1.807, 2.05) is 12.1 Å². The Labute approximate surface area is 200 Å². The van der Waals surface area contributed by atoms with Crippen molar-refractivity contribution in [2.24, 2.45) is 5.11 Å². The molecule has 1 aromatic rings. The maximum atomic E-state index is 10.5.